The Labute approximate surface area is 102 Å². The molecule has 1 heterocycles. The lowest BCUT2D eigenvalue weighted by atomic mass is 9.92. The Kier molecular flexibility index (Phi) is 3.52. The van der Waals surface area contributed by atoms with Gasteiger partial charge in [-0.2, -0.15) is 0 Å². The summed E-state index contributed by atoms with van der Waals surface area (Å²) >= 11 is 0. The number of benzene rings is 1. The van der Waals surface area contributed by atoms with E-state index in [1.165, 1.54) is 0 Å². The normalized spacial score (nSPS) is 12.6. The van der Waals surface area contributed by atoms with Gasteiger partial charge in [-0.25, -0.2) is 0 Å². The zero-order valence-electron chi connectivity index (χ0n) is 10.3. The molecule has 1 unspecified atom stereocenters. The molecule has 0 radical (unpaired) electrons. The molecule has 2 heteroatoms. The third kappa shape index (κ3) is 2.36. The van der Waals surface area contributed by atoms with Crippen molar-refractivity contribution in [2.24, 2.45) is 5.92 Å². The van der Waals surface area contributed by atoms with E-state index in [1.807, 2.05) is 31.2 Å². The third-order valence-corrected chi connectivity index (χ3v) is 3.12. The van der Waals surface area contributed by atoms with Crippen LogP contribution in [0.25, 0.3) is 10.8 Å². The van der Waals surface area contributed by atoms with Gasteiger partial charge in [-0.05, 0) is 17.9 Å². The summed E-state index contributed by atoms with van der Waals surface area (Å²) in [6.07, 6.45) is 5.53. The average molecular weight is 227 g/mol. The highest BCUT2D eigenvalue weighted by Crippen LogP contribution is 2.22. The van der Waals surface area contributed by atoms with Crippen LogP contribution in [0.5, 0.6) is 0 Å². The van der Waals surface area contributed by atoms with Crippen molar-refractivity contribution in [3.8, 4) is 0 Å². The molecule has 0 amide bonds. The predicted octanol–water partition coefficient (Wildman–Crippen LogP) is 3.85. The van der Waals surface area contributed by atoms with Gasteiger partial charge in [0.25, 0.3) is 0 Å². The van der Waals surface area contributed by atoms with Crippen LogP contribution in [0.1, 0.15) is 37.0 Å². The number of hydrogen-bond acceptors (Lipinski definition) is 2. The lowest BCUT2D eigenvalue weighted by Crippen LogP contribution is -2.11. The van der Waals surface area contributed by atoms with Gasteiger partial charge in [0, 0.05) is 29.3 Å². The molecule has 0 bridgehead atoms. The average Bonchev–Trinajstić information content (AvgIpc) is 2.37. The zero-order valence-corrected chi connectivity index (χ0v) is 10.3. The van der Waals surface area contributed by atoms with E-state index in [0.29, 0.717) is 0 Å². The van der Waals surface area contributed by atoms with E-state index in [9.17, 15) is 4.79 Å². The van der Waals surface area contributed by atoms with Crippen LogP contribution in [0.4, 0.5) is 0 Å². The van der Waals surface area contributed by atoms with Crippen LogP contribution in [0.15, 0.2) is 36.7 Å². The van der Waals surface area contributed by atoms with Gasteiger partial charge in [-0.15, -0.1) is 0 Å². The summed E-state index contributed by atoms with van der Waals surface area (Å²) < 4.78 is 0. The number of carbonyl (C=O) groups is 1. The van der Waals surface area contributed by atoms with E-state index < -0.39 is 0 Å². The van der Waals surface area contributed by atoms with Crippen molar-refractivity contribution in [2.45, 2.75) is 26.7 Å². The monoisotopic (exact) mass is 227 g/mol. The van der Waals surface area contributed by atoms with Crippen molar-refractivity contribution < 1.29 is 4.79 Å². The van der Waals surface area contributed by atoms with E-state index in [2.05, 4.69) is 11.9 Å². The highest BCUT2D eigenvalue weighted by molar-refractivity contribution is 6.08. The maximum absolute atomic E-state index is 12.3. The second-order valence-corrected chi connectivity index (χ2v) is 4.46. The molecule has 17 heavy (non-hydrogen) atoms. The minimum atomic E-state index is 0.0961. The summed E-state index contributed by atoms with van der Waals surface area (Å²) in [5.74, 6) is 0.336. The lowest BCUT2D eigenvalue weighted by molar-refractivity contribution is 0.0925. The molecule has 0 fully saturated rings. The molecule has 88 valence electrons. The fourth-order valence-corrected chi connectivity index (χ4v) is 2.17. The standard InChI is InChI=1S/C15H17NO/c1-3-5-11(2)15(17)14-7-4-6-12-10-16-9-8-13(12)14/h4,6-11H,3,5H2,1-2H3. The van der Waals surface area contributed by atoms with Crippen LogP contribution >= 0.6 is 0 Å². The second kappa shape index (κ2) is 5.09. The van der Waals surface area contributed by atoms with Crippen LogP contribution in [0.2, 0.25) is 0 Å². The van der Waals surface area contributed by atoms with Gasteiger partial charge in [0.15, 0.2) is 5.78 Å². The number of aromatic nitrogens is 1. The quantitative estimate of drug-likeness (QED) is 0.742. The molecule has 2 aromatic rings. The largest absolute Gasteiger partial charge is 0.294 e. The molecule has 2 nitrogen and oxygen atoms in total. The number of ketones is 1. The smallest absolute Gasteiger partial charge is 0.166 e. The topological polar surface area (TPSA) is 30.0 Å². The Bertz CT molecular complexity index is 528. The molecule has 1 aromatic heterocycles. The Hall–Kier alpha value is -1.70. The molecular weight excluding hydrogens is 210 g/mol. The van der Waals surface area contributed by atoms with Crippen LogP contribution in [-0.4, -0.2) is 10.8 Å². The molecule has 0 aliphatic carbocycles. The molecule has 1 aromatic carbocycles. The van der Waals surface area contributed by atoms with Gasteiger partial charge in [-0.1, -0.05) is 38.5 Å². The minimum Gasteiger partial charge on any atom is -0.294 e. The predicted molar refractivity (Wildman–Crippen MR) is 70.1 cm³/mol. The summed E-state index contributed by atoms with van der Waals surface area (Å²) in [6.45, 7) is 4.11. The summed E-state index contributed by atoms with van der Waals surface area (Å²) in [7, 11) is 0. The van der Waals surface area contributed by atoms with Crippen molar-refractivity contribution >= 4 is 16.6 Å². The second-order valence-electron chi connectivity index (χ2n) is 4.46. The summed E-state index contributed by atoms with van der Waals surface area (Å²) in [6, 6.07) is 7.75. The lowest BCUT2D eigenvalue weighted by Gasteiger charge is -2.11. The fraction of sp³-hybridized carbons (Fsp3) is 0.333. The number of pyridine rings is 1. The maximum Gasteiger partial charge on any atom is 0.166 e. The SMILES string of the molecule is CCCC(C)C(=O)c1cccc2cnccc12. The van der Waals surface area contributed by atoms with E-state index in [4.69, 9.17) is 0 Å². The molecule has 0 saturated carbocycles. The molecule has 0 saturated heterocycles. The van der Waals surface area contributed by atoms with E-state index >= 15 is 0 Å². The highest BCUT2D eigenvalue weighted by Gasteiger charge is 2.16. The minimum absolute atomic E-state index is 0.0961. The first kappa shape index (κ1) is 11.8. The number of Topliss-reactive ketones (excluding diaryl/α,β-unsaturated/α-hetero) is 1. The van der Waals surface area contributed by atoms with Crippen molar-refractivity contribution in [2.75, 3.05) is 0 Å². The molecule has 0 N–H and O–H groups in total. The summed E-state index contributed by atoms with van der Waals surface area (Å²) in [4.78, 5) is 16.4. The van der Waals surface area contributed by atoms with Gasteiger partial charge in [0.1, 0.15) is 0 Å². The Morgan fingerprint density at radius 1 is 1.35 bits per heavy atom. The molecular formula is C15H17NO. The van der Waals surface area contributed by atoms with Crippen molar-refractivity contribution in [1.29, 1.82) is 0 Å². The van der Waals surface area contributed by atoms with Crippen LogP contribution in [-0.2, 0) is 0 Å². The van der Waals surface area contributed by atoms with Gasteiger partial charge in [0.2, 0.25) is 0 Å². The number of rotatable bonds is 4. The zero-order chi connectivity index (χ0) is 12.3. The first-order chi connectivity index (χ1) is 8.24. The van der Waals surface area contributed by atoms with E-state index in [0.717, 1.165) is 29.2 Å². The van der Waals surface area contributed by atoms with Gasteiger partial charge in [0.05, 0.1) is 0 Å². The first-order valence-corrected chi connectivity index (χ1v) is 6.11. The number of fused-ring (bicyclic) bond motifs is 1. The number of nitrogens with zero attached hydrogens (tertiary/aromatic N) is 1. The van der Waals surface area contributed by atoms with Crippen LogP contribution in [0, 0.1) is 5.92 Å². The van der Waals surface area contributed by atoms with E-state index in [-0.39, 0.29) is 11.7 Å². The van der Waals surface area contributed by atoms with E-state index in [1.54, 1.807) is 12.4 Å². The summed E-state index contributed by atoms with van der Waals surface area (Å²) in [5, 5.41) is 2.04. The molecule has 1 atom stereocenters. The molecule has 2 rings (SSSR count). The number of hydrogen-bond donors (Lipinski definition) is 0. The van der Waals surface area contributed by atoms with Crippen LogP contribution < -0.4 is 0 Å². The van der Waals surface area contributed by atoms with Gasteiger partial charge >= 0.3 is 0 Å². The van der Waals surface area contributed by atoms with Crippen LogP contribution in [0.3, 0.4) is 0 Å². The summed E-state index contributed by atoms with van der Waals surface area (Å²) in [5.41, 5.74) is 0.825. The van der Waals surface area contributed by atoms with Crippen molar-refractivity contribution in [1.82, 2.24) is 4.98 Å². The Morgan fingerprint density at radius 3 is 2.94 bits per heavy atom. The molecule has 0 spiro atoms. The van der Waals surface area contributed by atoms with Crippen molar-refractivity contribution in [3.05, 3.63) is 42.2 Å². The first-order valence-electron chi connectivity index (χ1n) is 6.11. The molecule has 0 aliphatic rings. The number of carbonyl (C=O) groups excluding carboxylic acids is 1. The Morgan fingerprint density at radius 2 is 2.18 bits per heavy atom. The fourth-order valence-electron chi connectivity index (χ4n) is 2.17. The third-order valence-electron chi connectivity index (χ3n) is 3.12. The Balaban J connectivity index is 2.45. The highest BCUT2D eigenvalue weighted by atomic mass is 16.1. The molecule has 0 aliphatic heterocycles. The van der Waals surface area contributed by atoms with Gasteiger partial charge < -0.3 is 0 Å². The van der Waals surface area contributed by atoms with Crippen molar-refractivity contribution in [3.63, 3.8) is 0 Å². The van der Waals surface area contributed by atoms with Gasteiger partial charge in [-0.3, -0.25) is 9.78 Å². The maximum atomic E-state index is 12.3.